The smallest absolute Gasteiger partial charge is 0.255 e. The van der Waals surface area contributed by atoms with Gasteiger partial charge in [-0.3, -0.25) is 4.79 Å². The van der Waals surface area contributed by atoms with Crippen molar-refractivity contribution in [2.24, 2.45) is 0 Å². The Morgan fingerprint density at radius 2 is 1.64 bits per heavy atom. The molecule has 0 aliphatic carbocycles. The summed E-state index contributed by atoms with van der Waals surface area (Å²) in [6.45, 7) is 0.334. The zero-order valence-corrected chi connectivity index (χ0v) is 14.7. The quantitative estimate of drug-likeness (QED) is 0.612. The van der Waals surface area contributed by atoms with Crippen LogP contribution in [0.25, 0.3) is 0 Å². The van der Waals surface area contributed by atoms with E-state index in [0.717, 1.165) is 11.3 Å². The van der Waals surface area contributed by atoms with Crippen LogP contribution in [0.1, 0.15) is 15.9 Å². The lowest BCUT2D eigenvalue weighted by Gasteiger charge is -2.09. The molecule has 0 aliphatic rings. The average molecular weight is 372 g/mol. The van der Waals surface area contributed by atoms with Crippen LogP contribution in [0.5, 0.6) is 5.75 Å². The van der Waals surface area contributed by atoms with E-state index in [1.807, 2.05) is 42.5 Å². The molecule has 0 fully saturated rings. The molecule has 0 aromatic heterocycles. The fourth-order valence-corrected chi connectivity index (χ4v) is 2.56. The van der Waals surface area contributed by atoms with E-state index in [1.54, 1.807) is 30.3 Å². The van der Waals surface area contributed by atoms with Gasteiger partial charge >= 0.3 is 0 Å². The lowest BCUT2D eigenvalue weighted by atomic mass is 10.1. The van der Waals surface area contributed by atoms with Crippen molar-refractivity contribution in [3.05, 3.63) is 94.0 Å². The molecule has 0 spiro atoms. The molecule has 25 heavy (non-hydrogen) atoms. The fraction of sp³-hybridized carbons (Fsp3) is 0.0500. The molecule has 3 nitrogen and oxygen atoms in total. The average Bonchev–Trinajstić information content (AvgIpc) is 2.64. The third-order valence-corrected chi connectivity index (χ3v) is 4.08. The summed E-state index contributed by atoms with van der Waals surface area (Å²) in [4.78, 5) is 12.2. The molecule has 1 N–H and O–H groups in total. The van der Waals surface area contributed by atoms with Crippen molar-refractivity contribution in [2.75, 3.05) is 5.32 Å². The van der Waals surface area contributed by atoms with Gasteiger partial charge in [0.25, 0.3) is 5.91 Å². The Hall–Kier alpha value is -2.49. The first-order valence-electron chi connectivity index (χ1n) is 7.65. The number of benzene rings is 3. The first-order valence-corrected chi connectivity index (χ1v) is 8.40. The minimum absolute atomic E-state index is 0.156. The molecule has 0 aliphatic heterocycles. The van der Waals surface area contributed by atoms with Gasteiger partial charge < -0.3 is 10.1 Å². The highest BCUT2D eigenvalue weighted by Gasteiger charge is 2.07. The number of amides is 1. The summed E-state index contributed by atoms with van der Waals surface area (Å²) < 4.78 is 5.68. The van der Waals surface area contributed by atoms with Gasteiger partial charge in [-0.1, -0.05) is 53.5 Å². The highest BCUT2D eigenvalue weighted by molar-refractivity contribution is 6.34. The number of ether oxygens (including phenoxy) is 1. The van der Waals surface area contributed by atoms with Crippen molar-refractivity contribution in [2.45, 2.75) is 6.61 Å². The van der Waals surface area contributed by atoms with Gasteiger partial charge in [-0.05, 0) is 42.0 Å². The minimum Gasteiger partial charge on any atom is -0.487 e. The number of anilines is 1. The van der Waals surface area contributed by atoms with Gasteiger partial charge in [0, 0.05) is 22.3 Å². The van der Waals surface area contributed by atoms with Gasteiger partial charge in [-0.2, -0.15) is 0 Å². The lowest BCUT2D eigenvalue weighted by molar-refractivity contribution is 0.102. The Morgan fingerprint density at radius 1 is 0.920 bits per heavy atom. The third-order valence-electron chi connectivity index (χ3n) is 3.54. The predicted molar refractivity (Wildman–Crippen MR) is 102 cm³/mol. The van der Waals surface area contributed by atoms with E-state index in [4.69, 9.17) is 27.9 Å². The van der Waals surface area contributed by atoms with Crippen molar-refractivity contribution in [3.8, 4) is 5.75 Å². The third kappa shape index (κ3) is 4.75. The summed E-state index contributed by atoms with van der Waals surface area (Å²) in [5.74, 6) is 0.372. The van der Waals surface area contributed by atoms with Crippen molar-refractivity contribution in [3.63, 3.8) is 0 Å². The standard InChI is InChI=1S/C20H15Cl2NO2/c21-16-10-11-18(22)19(12-16)25-13-14-6-8-15(9-7-14)20(24)23-17-4-2-1-3-5-17/h1-12H,13H2,(H,23,24). The second kappa shape index (κ2) is 8.06. The molecule has 0 bridgehead atoms. The molecule has 3 aromatic rings. The van der Waals surface area contributed by atoms with E-state index in [2.05, 4.69) is 5.32 Å². The van der Waals surface area contributed by atoms with E-state index in [-0.39, 0.29) is 5.91 Å². The van der Waals surface area contributed by atoms with E-state index >= 15 is 0 Å². The molecular weight excluding hydrogens is 357 g/mol. The van der Waals surface area contributed by atoms with Crippen LogP contribution in [0.15, 0.2) is 72.8 Å². The van der Waals surface area contributed by atoms with E-state index < -0.39 is 0 Å². The lowest BCUT2D eigenvalue weighted by Crippen LogP contribution is -2.11. The molecule has 5 heteroatoms. The van der Waals surface area contributed by atoms with Crippen molar-refractivity contribution in [1.82, 2.24) is 0 Å². The normalized spacial score (nSPS) is 10.3. The molecule has 3 aromatic carbocycles. The molecule has 0 atom stereocenters. The zero-order chi connectivity index (χ0) is 17.6. The number of carbonyl (C=O) groups excluding carboxylic acids is 1. The number of hydrogen-bond donors (Lipinski definition) is 1. The predicted octanol–water partition coefficient (Wildman–Crippen LogP) is 5.82. The first-order chi connectivity index (χ1) is 12.1. The van der Waals surface area contributed by atoms with Crippen LogP contribution < -0.4 is 10.1 Å². The fourth-order valence-electron chi connectivity index (χ4n) is 2.23. The van der Waals surface area contributed by atoms with Gasteiger partial charge in [0.1, 0.15) is 12.4 Å². The Kier molecular flexibility index (Phi) is 5.59. The maximum absolute atomic E-state index is 12.2. The second-order valence-corrected chi connectivity index (χ2v) is 6.22. The number of halogens is 2. The molecular formula is C20H15Cl2NO2. The molecule has 0 radical (unpaired) electrons. The Bertz CT molecular complexity index is 865. The molecule has 0 heterocycles. The molecule has 0 unspecified atom stereocenters. The van der Waals surface area contributed by atoms with E-state index in [0.29, 0.717) is 28.0 Å². The van der Waals surface area contributed by atoms with Crippen LogP contribution in [0, 0.1) is 0 Å². The van der Waals surface area contributed by atoms with Crippen LogP contribution in [0.3, 0.4) is 0 Å². The van der Waals surface area contributed by atoms with Gasteiger partial charge in [0.2, 0.25) is 0 Å². The summed E-state index contributed by atoms with van der Waals surface area (Å²) in [6.07, 6.45) is 0. The number of hydrogen-bond acceptors (Lipinski definition) is 2. The summed E-state index contributed by atoms with van der Waals surface area (Å²) in [5.41, 5.74) is 2.26. The van der Waals surface area contributed by atoms with Gasteiger partial charge in [-0.25, -0.2) is 0 Å². The van der Waals surface area contributed by atoms with Crippen molar-refractivity contribution in [1.29, 1.82) is 0 Å². The van der Waals surface area contributed by atoms with Crippen LogP contribution in [-0.4, -0.2) is 5.91 Å². The molecule has 126 valence electrons. The summed E-state index contributed by atoms with van der Waals surface area (Å²) >= 11 is 12.0. The summed E-state index contributed by atoms with van der Waals surface area (Å²) in [5, 5.41) is 3.91. The topological polar surface area (TPSA) is 38.3 Å². The van der Waals surface area contributed by atoms with Crippen LogP contribution in [0.2, 0.25) is 10.0 Å². The van der Waals surface area contributed by atoms with Gasteiger partial charge in [-0.15, -0.1) is 0 Å². The van der Waals surface area contributed by atoms with Crippen LogP contribution in [0.4, 0.5) is 5.69 Å². The highest BCUT2D eigenvalue weighted by atomic mass is 35.5. The van der Waals surface area contributed by atoms with Crippen LogP contribution in [-0.2, 0) is 6.61 Å². The zero-order valence-electron chi connectivity index (χ0n) is 13.2. The Labute approximate surface area is 156 Å². The number of rotatable bonds is 5. The number of carbonyl (C=O) groups is 1. The maximum atomic E-state index is 12.2. The minimum atomic E-state index is -0.156. The maximum Gasteiger partial charge on any atom is 0.255 e. The van der Waals surface area contributed by atoms with Gasteiger partial charge in [0.05, 0.1) is 5.02 Å². The number of para-hydroxylation sites is 1. The van der Waals surface area contributed by atoms with Crippen molar-refractivity contribution < 1.29 is 9.53 Å². The van der Waals surface area contributed by atoms with E-state index in [1.165, 1.54) is 0 Å². The van der Waals surface area contributed by atoms with Crippen molar-refractivity contribution >= 4 is 34.8 Å². The summed E-state index contributed by atoms with van der Waals surface area (Å²) in [6, 6.07) is 21.6. The molecule has 1 amide bonds. The monoisotopic (exact) mass is 371 g/mol. The Balaban J connectivity index is 1.62. The van der Waals surface area contributed by atoms with Gasteiger partial charge in [0.15, 0.2) is 0 Å². The SMILES string of the molecule is O=C(Nc1ccccc1)c1ccc(COc2cc(Cl)ccc2Cl)cc1. The molecule has 0 saturated carbocycles. The summed E-state index contributed by atoms with van der Waals surface area (Å²) in [7, 11) is 0. The van der Waals surface area contributed by atoms with Crippen LogP contribution >= 0.6 is 23.2 Å². The highest BCUT2D eigenvalue weighted by Crippen LogP contribution is 2.28. The molecule has 3 rings (SSSR count). The second-order valence-electron chi connectivity index (χ2n) is 5.38. The Morgan fingerprint density at radius 3 is 2.36 bits per heavy atom. The first kappa shape index (κ1) is 17.3. The van der Waals surface area contributed by atoms with E-state index in [9.17, 15) is 4.79 Å². The molecule has 0 saturated heterocycles. The number of nitrogens with one attached hydrogen (secondary N) is 1. The largest absolute Gasteiger partial charge is 0.487 e.